The standard InChI is InChI=1S/C15H19BrFN3O/c16-14-11(10-19)2-3-13(15(14)17)20-7-4-12(5-8-20)21-9-1-6-18/h2-3,12H,1,4-9,18H2. The van der Waals surface area contributed by atoms with Crippen LogP contribution < -0.4 is 10.6 Å². The van der Waals surface area contributed by atoms with Gasteiger partial charge in [0.25, 0.3) is 0 Å². The number of piperidine rings is 1. The highest BCUT2D eigenvalue weighted by atomic mass is 79.9. The Kier molecular flexibility index (Phi) is 5.97. The second-order valence-electron chi connectivity index (χ2n) is 5.07. The molecule has 1 aromatic carbocycles. The molecular formula is C15H19BrFN3O. The van der Waals surface area contributed by atoms with Gasteiger partial charge in [-0.1, -0.05) is 0 Å². The molecule has 0 atom stereocenters. The van der Waals surface area contributed by atoms with Gasteiger partial charge in [0.2, 0.25) is 0 Å². The van der Waals surface area contributed by atoms with E-state index in [1.165, 1.54) is 0 Å². The molecule has 0 amide bonds. The molecule has 6 heteroatoms. The minimum absolute atomic E-state index is 0.234. The molecule has 2 rings (SSSR count). The van der Waals surface area contributed by atoms with E-state index < -0.39 is 0 Å². The van der Waals surface area contributed by atoms with Crippen molar-refractivity contribution in [3.05, 3.63) is 28.0 Å². The third-order valence-electron chi connectivity index (χ3n) is 3.67. The van der Waals surface area contributed by atoms with Crippen LogP contribution in [-0.4, -0.2) is 32.3 Å². The summed E-state index contributed by atoms with van der Waals surface area (Å²) in [5.41, 5.74) is 6.30. The number of ether oxygens (including phenoxy) is 1. The number of nitrogens with zero attached hydrogens (tertiary/aromatic N) is 2. The molecule has 0 bridgehead atoms. The number of nitrogens with two attached hydrogens (primary N) is 1. The fourth-order valence-electron chi connectivity index (χ4n) is 2.47. The fraction of sp³-hybridized carbons (Fsp3) is 0.533. The second-order valence-corrected chi connectivity index (χ2v) is 5.86. The number of benzene rings is 1. The van der Waals surface area contributed by atoms with E-state index >= 15 is 0 Å². The van der Waals surface area contributed by atoms with Crippen LogP contribution in [0.3, 0.4) is 0 Å². The zero-order chi connectivity index (χ0) is 15.2. The lowest BCUT2D eigenvalue weighted by Gasteiger charge is -2.34. The first-order valence-electron chi connectivity index (χ1n) is 7.12. The lowest BCUT2D eigenvalue weighted by Crippen LogP contribution is -2.37. The zero-order valence-corrected chi connectivity index (χ0v) is 13.4. The SMILES string of the molecule is N#Cc1ccc(N2CCC(OCCCN)CC2)c(F)c1Br. The van der Waals surface area contributed by atoms with Gasteiger partial charge in [0.15, 0.2) is 5.82 Å². The largest absolute Gasteiger partial charge is 0.378 e. The lowest BCUT2D eigenvalue weighted by atomic mass is 10.1. The van der Waals surface area contributed by atoms with E-state index in [-0.39, 0.29) is 16.4 Å². The second kappa shape index (κ2) is 7.74. The molecule has 0 radical (unpaired) electrons. The van der Waals surface area contributed by atoms with Crippen LogP contribution in [0.1, 0.15) is 24.8 Å². The average molecular weight is 356 g/mol. The molecule has 1 heterocycles. The number of halogens is 2. The van der Waals surface area contributed by atoms with Crippen molar-refractivity contribution >= 4 is 21.6 Å². The molecular weight excluding hydrogens is 337 g/mol. The average Bonchev–Trinajstić information content (AvgIpc) is 2.51. The molecule has 0 unspecified atom stereocenters. The maximum Gasteiger partial charge on any atom is 0.161 e. The quantitative estimate of drug-likeness (QED) is 0.825. The molecule has 2 N–H and O–H groups in total. The number of hydrogen-bond acceptors (Lipinski definition) is 4. The van der Waals surface area contributed by atoms with Gasteiger partial charge in [0.05, 0.1) is 21.8 Å². The molecule has 0 aromatic heterocycles. The highest BCUT2D eigenvalue weighted by Crippen LogP contribution is 2.31. The molecule has 1 aliphatic rings. The summed E-state index contributed by atoms with van der Waals surface area (Å²) in [7, 11) is 0. The van der Waals surface area contributed by atoms with Crippen molar-refractivity contribution < 1.29 is 9.13 Å². The maximum absolute atomic E-state index is 14.3. The van der Waals surface area contributed by atoms with Crippen molar-refractivity contribution in [1.29, 1.82) is 5.26 Å². The summed E-state index contributed by atoms with van der Waals surface area (Å²) < 4.78 is 20.3. The molecule has 0 spiro atoms. The van der Waals surface area contributed by atoms with Crippen molar-refractivity contribution in [3.63, 3.8) is 0 Å². The summed E-state index contributed by atoms with van der Waals surface area (Å²) in [5.74, 6) is -0.364. The minimum Gasteiger partial charge on any atom is -0.378 e. The first kappa shape index (κ1) is 16.2. The topological polar surface area (TPSA) is 62.3 Å². The Morgan fingerprint density at radius 3 is 2.76 bits per heavy atom. The third-order valence-corrected chi connectivity index (χ3v) is 4.44. The van der Waals surface area contributed by atoms with E-state index in [1.807, 2.05) is 11.0 Å². The van der Waals surface area contributed by atoms with Gasteiger partial charge in [-0.25, -0.2) is 4.39 Å². The normalized spacial score (nSPS) is 16.0. The Morgan fingerprint density at radius 2 is 2.14 bits per heavy atom. The molecule has 1 fully saturated rings. The first-order chi connectivity index (χ1) is 10.2. The fourth-order valence-corrected chi connectivity index (χ4v) is 2.89. The van der Waals surface area contributed by atoms with Gasteiger partial charge < -0.3 is 15.4 Å². The van der Waals surface area contributed by atoms with Crippen molar-refractivity contribution in [2.45, 2.75) is 25.4 Å². The smallest absolute Gasteiger partial charge is 0.161 e. The van der Waals surface area contributed by atoms with E-state index in [4.69, 9.17) is 15.7 Å². The molecule has 0 saturated carbocycles. The van der Waals surface area contributed by atoms with E-state index in [1.54, 1.807) is 12.1 Å². The van der Waals surface area contributed by atoms with Crippen molar-refractivity contribution in [2.75, 3.05) is 31.1 Å². The summed E-state index contributed by atoms with van der Waals surface area (Å²) in [4.78, 5) is 2.00. The van der Waals surface area contributed by atoms with Crippen LogP contribution in [0.25, 0.3) is 0 Å². The molecule has 1 aliphatic heterocycles. The summed E-state index contributed by atoms with van der Waals surface area (Å²) in [6.07, 6.45) is 2.86. The number of hydrogen-bond donors (Lipinski definition) is 1. The Bertz CT molecular complexity index is 524. The Hall–Kier alpha value is -1.16. The Morgan fingerprint density at radius 1 is 1.43 bits per heavy atom. The van der Waals surface area contributed by atoms with Crippen LogP contribution >= 0.6 is 15.9 Å². The molecule has 4 nitrogen and oxygen atoms in total. The van der Waals surface area contributed by atoms with Gasteiger partial charge in [-0.2, -0.15) is 5.26 Å². The molecule has 1 saturated heterocycles. The van der Waals surface area contributed by atoms with Crippen molar-refractivity contribution in [1.82, 2.24) is 0 Å². The van der Waals surface area contributed by atoms with Crippen LogP contribution in [0.4, 0.5) is 10.1 Å². The van der Waals surface area contributed by atoms with E-state index in [0.717, 1.165) is 32.4 Å². The molecule has 114 valence electrons. The summed E-state index contributed by atoms with van der Waals surface area (Å²) >= 11 is 3.15. The van der Waals surface area contributed by atoms with Crippen molar-refractivity contribution in [2.24, 2.45) is 5.73 Å². The zero-order valence-electron chi connectivity index (χ0n) is 11.8. The van der Waals surface area contributed by atoms with Crippen LogP contribution in [-0.2, 0) is 4.74 Å². The van der Waals surface area contributed by atoms with Gasteiger partial charge >= 0.3 is 0 Å². The maximum atomic E-state index is 14.3. The van der Waals surface area contributed by atoms with E-state index in [9.17, 15) is 4.39 Å². The molecule has 0 aliphatic carbocycles. The predicted octanol–water partition coefficient (Wildman–Crippen LogP) is 2.79. The monoisotopic (exact) mass is 355 g/mol. The Labute approximate surface area is 132 Å². The molecule has 21 heavy (non-hydrogen) atoms. The third kappa shape index (κ3) is 3.94. The van der Waals surface area contributed by atoms with E-state index in [0.29, 0.717) is 24.4 Å². The highest BCUT2D eigenvalue weighted by molar-refractivity contribution is 9.10. The first-order valence-corrected chi connectivity index (χ1v) is 7.91. The van der Waals surface area contributed by atoms with Gasteiger partial charge in [0, 0.05) is 19.7 Å². The number of rotatable bonds is 5. The van der Waals surface area contributed by atoms with E-state index in [2.05, 4.69) is 15.9 Å². The van der Waals surface area contributed by atoms with Crippen molar-refractivity contribution in [3.8, 4) is 6.07 Å². The van der Waals surface area contributed by atoms with Crippen LogP contribution in [0.5, 0.6) is 0 Å². The molecule has 1 aromatic rings. The van der Waals surface area contributed by atoms with Gasteiger partial charge in [0.1, 0.15) is 6.07 Å². The van der Waals surface area contributed by atoms with Crippen LogP contribution in [0, 0.1) is 17.1 Å². The summed E-state index contributed by atoms with van der Waals surface area (Å²) in [6.45, 7) is 2.84. The number of anilines is 1. The highest BCUT2D eigenvalue weighted by Gasteiger charge is 2.23. The minimum atomic E-state index is -0.364. The summed E-state index contributed by atoms with van der Waals surface area (Å²) in [6, 6.07) is 5.29. The van der Waals surface area contributed by atoms with Gasteiger partial charge in [-0.15, -0.1) is 0 Å². The van der Waals surface area contributed by atoms with Crippen LogP contribution in [0.2, 0.25) is 0 Å². The van der Waals surface area contributed by atoms with Gasteiger partial charge in [-0.05, 0) is 53.9 Å². The lowest BCUT2D eigenvalue weighted by molar-refractivity contribution is 0.0365. The number of nitriles is 1. The van der Waals surface area contributed by atoms with Crippen LogP contribution in [0.15, 0.2) is 16.6 Å². The summed E-state index contributed by atoms with van der Waals surface area (Å²) in [5, 5.41) is 8.90. The predicted molar refractivity (Wildman–Crippen MR) is 83.7 cm³/mol. The Balaban J connectivity index is 1.97. The van der Waals surface area contributed by atoms with Gasteiger partial charge in [-0.3, -0.25) is 0 Å².